The molecule has 0 aliphatic heterocycles. The van der Waals surface area contributed by atoms with Crippen LogP contribution in [0.1, 0.15) is 26.0 Å². The topological polar surface area (TPSA) is 95.8 Å². The number of rotatable bonds is 12. The second kappa shape index (κ2) is 11.9. The van der Waals surface area contributed by atoms with E-state index in [4.69, 9.17) is 4.52 Å². The molecular formula is C25H32N4O4S. The number of carbonyl (C=O) groups is 1. The zero-order chi connectivity index (χ0) is 24.6. The van der Waals surface area contributed by atoms with Crippen molar-refractivity contribution in [3.05, 3.63) is 66.4 Å². The summed E-state index contributed by atoms with van der Waals surface area (Å²) < 4.78 is 32.0. The Kier molecular flexibility index (Phi) is 8.98. The predicted octanol–water partition coefficient (Wildman–Crippen LogP) is 3.88. The molecule has 1 heterocycles. The van der Waals surface area contributed by atoms with Crippen LogP contribution in [0.2, 0.25) is 0 Å². The maximum Gasteiger partial charge on any atom is 0.243 e. The summed E-state index contributed by atoms with van der Waals surface area (Å²) in [5.41, 5.74) is 2.40. The highest BCUT2D eigenvalue weighted by Crippen LogP contribution is 2.20. The lowest BCUT2D eigenvalue weighted by Crippen LogP contribution is -2.31. The molecule has 9 heteroatoms. The summed E-state index contributed by atoms with van der Waals surface area (Å²) in [6, 6.07) is 18.1. The number of hydrogen-bond acceptors (Lipinski definition) is 6. The molecule has 0 unspecified atom stereocenters. The van der Waals surface area contributed by atoms with E-state index in [2.05, 4.69) is 10.5 Å². The number of aromatic nitrogens is 1. The number of hydrogen-bond donors (Lipinski definition) is 1. The lowest BCUT2D eigenvalue weighted by molar-refractivity contribution is -0.117. The quantitative estimate of drug-likeness (QED) is 0.419. The summed E-state index contributed by atoms with van der Waals surface area (Å²) in [5, 5.41) is 6.95. The number of benzene rings is 2. The van der Waals surface area contributed by atoms with Crippen molar-refractivity contribution >= 4 is 21.6 Å². The molecule has 0 aliphatic rings. The first-order valence-electron chi connectivity index (χ1n) is 11.4. The third-order valence-corrected chi connectivity index (χ3v) is 7.55. The van der Waals surface area contributed by atoms with E-state index in [-0.39, 0.29) is 17.3 Å². The summed E-state index contributed by atoms with van der Waals surface area (Å²) in [4.78, 5) is 14.5. The summed E-state index contributed by atoms with van der Waals surface area (Å²) >= 11 is 0. The number of nitrogens with zero attached hydrogens (tertiary/aromatic N) is 3. The number of amides is 1. The molecule has 182 valence electrons. The fourth-order valence-corrected chi connectivity index (χ4v) is 5.10. The van der Waals surface area contributed by atoms with Gasteiger partial charge in [-0.1, -0.05) is 49.3 Å². The second-order valence-electron chi connectivity index (χ2n) is 8.05. The Bertz CT molecular complexity index is 1160. The smallest absolute Gasteiger partial charge is 0.243 e. The molecule has 0 spiro atoms. The minimum Gasteiger partial charge on any atom is -0.361 e. The molecule has 3 rings (SSSR count). The van der Waals surface area contributed by atoms with Crippen molar-refractivity contribution in [3.63, 3.8) is 0 Å². The van der Waals surface area contributed by atoms with E-state index in [1.54, 1.807) is 26.0 Å². The van der Waals surface area contributed by atoms with Gasteiger partial charge in [0.25, 0.3) is 0 Å². The van der Waals surface area contributed by atoms with Gasteiger partial charge in [-0.15, -0.1) is 0 Å². The molecule has 1 amide bonds. The molecule has 0 radical (unpaired) electrons. The van der Waals surface area contributed by atoms with E-state index in [0.717, 1.165) is 36.4 Å². The van der Waals surface area contributed by atoms with Crippen molar-refractivity contribution < 1.29 is 17.7 Å². The van der Waals surface area contributed by atoms with Crippen molar-refractivity contribution in [1.29, 1.82) is 0 Å². The van der Waals surface area contributed by atoms with Crippen LogP contribution in [0, 0.1) is 0 Å². The Balaban J connectivity index is 1.44. The van der Waals surface area contributed by atoms with E-state index < -0.39 is 10.0 Å². The average Bonchev–Trinajstić information content (AvgIpc) is 3.29. The van der Waals surface area contributed by atoms with Gasteiger partial charge in [0, 0.05) is 36.8 Å². The first-order valence-corrected chi connectivity index (χ1v) is 12.9. The molecular weight excluding hydrogens is 452 g/mol. The number of sulfonamides is 1. The zero-order valence-electron chi connectivity index (χ0n) is 19.9. The van der Waals surface area contributed by atoms with Gasteiger partial charge in [0.15, 0.2) is 0 Å². The predicted molar refractivity (Wildman–Crippen MR) is 133 cm³/mol. The van der Waals surface area contributed by atoms with Crippen LogP contribution in [-0.4, -0.2) is 61.9 Å². The number of carbonyl (C=O) groups excluding carboxylic acids is 1. The summed E-state index contributed by atoms with van der Waals surface area (Å²) in [5.74, 6) is 0.657. The molecule has 3 aromatic rings. The number of nitrogens with one attached hydrogen (secondary N) is 1. The van der Waals surface area contributed by atoms with Crippen LogP contribution in [-0.2, 0) is 21.2 Å². The van der Waals surface area contributed by atoms with Crippen LogP contribution in [0.15, 0.2) is 70.1 Å². The van der Waals surface area contributed by atoms with Crippen molar-refractivity contribution in [1.82, 2.24) is 14.4 Å². The van der Waals surface area contributed by atoms with Crippen LogP contribution in [0.3, 0.4) is 0 Å². The van der Waals surface area contributed by atoms with Gasteiger partial charge in [-0.25, -0.2) is 8.42 Å². The standard InChI is InChI=1S/C25H32N4O4S/c1-4-29(5-2)34(31,32)23-15-13-21(14-16-23)26-25(30)19-28(3)17-9-12-22-18-24(27-33-22)20-10-7-6-8-11-20/h6-8,10-11,13-16,18H,4-5,9,12,17,19H2,1-3H3,(H,26,30). The summed E-state index contributed by atoms with van der Waals surface area (Å²) in [6.45, 7) is 5.38. The van der Waals surface area contributed by atoms with Crippen molar-refractivity contribution in [2.24, 2.45) is 0 Å². The van der Waals surface area contributed by atoms with E-state index >= 15 is 0 Å². The fraction of sp³-hybridized carbons (Fsp3) is 0.360. The van der Waals surface area contributed by atoms with E-state index in [1.165, 1.54) is 16.4 Å². The first kappa shape index (κ1) is 25.6. The van der Waals surface area contributed by atoms with Gasteiger partial charge in [0.2, 0.25) is 15.9 Å². The summed E-state index contributed by atoms with van der Waals surface area (Å²) in [6.07, 6.45) is 1.55. The molecule has 0 fully saturated rings. The van der Waals surface area contributed by atoms with Crippen molar-refractivity contribution in [3.8, 4) is 11.3 Å². The minimum atomic E-state index is -3.51. The second-order valence-corrected chi connectivity index (χ2v) is 9.99. The molecule has 1 N–H and O–H groups in total. The third kappa shape index (κ3) is 6.75. The van der Waals surface area contributed by atoms with Crippen LogP contribution in [0.5, 0.6) is 0 Å². The largest absolute Gasteiger partial charge is 0.361 e. The molecule has 1 aromatic heterocycles. The molecule has 0 aliphatic carbocycles. The molecule has 0 saturated carbocycles. The van der Waals surface area contributed by atoms with Gasteiger partial charge in [-0.2, -0.15) is 4.31 Å². The number of aryl methyl sites for hydroxylation is 1. The van der Waals surface area contributed by atoms with Crippen LogP contribution in [0.25, 0.3) is 11.3 Å². The molecule has 8 nitrogen and oxygen atoms in total. The first-order chi connectivity index (χ1) is 16.3. The van der Waals surface area contributed by atoms with Crippen molar-refractivity contribution in [2.45, 2.75) is 31.6 Å². The SMILES string of the molecule is CCN(CC)S(=O)(=O)c1ccc(NC(=O)CN(C)CCCc2cc(-c3ccccc3)no2)cc1. The monoisotopic (exact) mass is 484 g/mol. The highest BCUT2D eigenvalue weighted by Gasteiger charge is 2.21. The van der Waals surface area contributed by atoms with Gasteiger partial charge >= 0.3 is 0 Å². The Morgan fingerprint density at radius 1 is 1.03 bits per heavy atom. The molecule has 0 saturated heterocycles. The van der Waals surface area contributed by atoms with E-state index in [1.807, 2.05) is 48.3 Å². The van der Waals surface area contributed by atoms with Gasteiger partial charge in [0.05, 0.1) is 11.4 Å². The third-order valence-electron chi connectivity index (χ3n) is 5.49. The normalized spacial score (nSPS) is 11.8. The maximum atomic E-state index is 12.6. The lowest BCUT2D eigenvalue weighted by Gasteiger charge is -2.19. The van der Waals surface area contributed by atoms with Crippen molar-refractivity contribution in [2.75, 3.05) is 38.5 Å². The van der Waals surface area contributed by atoms with E-state index in [0.29, 0.717) is 18.8 Å². The molecule has 0 bridgehead atoms. The van der Waals surface area contributed by atoms with Gasteiger partial charge in [-0.05, 0) is 44.3 Å². The zero-order valence-corrected chi connectivity index (χ0v) is 20.7. The Morgan fingerprint density at radius 2 is 1.71 bits per heavy atom. The minimum absolute atomic E-state index is 0.159. The number of anilines is 1. The van der Waals surface area contributed by atoms with Crippen LogP contribution < -0.4 is 5.32 Å². The number of likely N-dealkylation sites (N-methyl/N-ethyl adjacent to an activating group) is 1. The maximum absolute atomic E-state index is 12.6. The molecule has 34 heavy (non-hydrogen) atoms. The Hall–Kier alpha value is -3.01. The summed E-state index contributed by atoms with van der Waals surface area (Å²) in [7, 11) is -1.63. The Morgan fingerprint density at radius 3 is 2.35 bits per heavy atom. The Labute approximate surface area is 201 Å². The van der Waals surface area contributed by atoms with E-state index in [9.17, 15) is 13.2 Å². The fourth-order valence-electron chi connectivity index (χ4n) is 3.65. The van der Waals surface area contributed by atoms with Gasteiger partial charge in [0.1, 0.15) is 11.5 Å². The van der Waals surface area contributed by atoms with Crippen LogP contribution >= 0.6 is 0 Å². The highest BCUT2D eigenvalue weighted by molar-refractivity contribution is 7.89. The van der Waals surface area contributed by atoms with Crippen LogP contribution in [0.4, 0.5) is 5.69 Å². The average molecular weight is 485 g/mol. The molecule has 0 atom stereocenters. The lowest BCUT2D eigenvalue weighted by atomic mass is 10.1. The molecule has 2 aromatic carbocycles. The highest BCUT2D eigenvalue weighted by atomic mass is 32.2. The van der Waals surface area contributed by atoms with Gasteiger partial charge in [-0.3, -0.25) is 9.69 Å². The van der Waals surface area contributed by atoms with Gasteiger partial charge < -0.3 is 9.84 Å².